The lowest BCUT2D eigenvalue weighted by Crippen LogP contribution is -2.18. The Balaban J connectivity index is 1.09. The van der Waals surface area contributed by atoms with Gasteiger partial charge in [-0.2, -0.15) is 0 Å². The summed E-state index contributed by atoms with van der Waals surface area (Å²) in [5.74, 6) is 0. The van der Waals surface area contributed by atoms with Crippen molar-refractivity contribution in [1.82, 2.24) is 0 Å². The number of hydrogen-bond acceptors (Lipinski definition) is 3. The molecule has 11 rings (SSSR count). The lowest BCUT2D eigenvalue weighted by atomic mass is 9.81. The summed E-state index contributed by atoms with van der Waals surface area (Å²) < 4.78 is 2.59. The lowest BCUT2D eigenvalue weighted by molar-refractivity contribution is 0.661. The molecule has 0 unspecified atom stereocenters. The van der Waals surface area contributed by atoms with Gasteiger partial charge in [0.15, 0.2) is 0 Å². The van der Waals surface area contributed by atoms with Gasteiger partial charge in [0, 0.05) is 49.3 Å². The summed E-state index contributed by atoms with van der Waals surface area (Å²) in [5.41, 5.74) is 16.8. The Morgan fingerprint density at radius 3 is 1.42 bits per heavy atom. The molecule has 9 aromatic carbocycles. The minimum Gasteiger partial charge on any atom is -0.310 e. The maximum absolute atomic E-state index is 2.50. The number of rotatable bonds is 8. The first-order valence-electron chi connectivity index (χ1n) is 20.7. The van der Waals surface area contributed by atoms with E-state index >= 15 is 0 Å². The maximum atomic E-state index is 2.50. The van der Waals surface area contributed by atoms with Gasteiger partial charge in [0.05, 0.1) is 10.4 Å². The van der Waals surface area contributed by atoms with E-state index < -0.39 is 0 Å². The molecular formula is C57H42N2S. The Hall–Kier alpha value is -7.20. The molecule has 0 aliphatic heterocycles. The summed E-state index contributed by atoms with van der Waals surface area (Å²) in [6.07, 6.45) is 0. The van der Waals surface area contributed by atoms with Crippen LogP contribution in [0.4, 0.5) is 34.1 Å². The zero-order valence-corrected chi connectivity index (χ0v) is 34.4. The number of para-hydroxylation sites is 2. The van der Waals surface area contributed by atoms with Crippen molar-refractivity contribution in [2.45, 2.75) is 19.3 Å². The van der Waals surface area contributed by atoms with Crippen LogP contribution in [0, 0.1) is 0 Å². The summed E-state index contributed by atoms with van der Waals surface area (Å²) in [5, 5.41) is 2.64. The highest BCUT2D eigenvalue weighted by molar-refractivity contribution is 7.26. The smallest absolute Gasteiger partial charge is 0.0643 e. The first kappa shape index (κ1) is 35.9. The number of hydrogen-bond donors (Lipinski definition) is 0. The number of benzene rings is 9. The highest BCUT2D eigenvalue weighted by Crippen LogP contribution is 2.58. The molecule has 0 saturated heterocycles. The summed E-state index contributed by atoms with van der Waals surface area (Å²) in [6.45, 7) is 4.82. The minimum atomic E-state index is -0.286. The van der Waals surface area contributed by atoms with E-state index in [1.165, 1.54) is 70.4 Å². The zero-order chi connectivity index (χ0) is 40.2. The fourth-order valence-electron chi connectivity index (χ4n) is 9.27. The molecule has 0 saturated carbocycles. The normalized spacial score (nSPS) is 12.6. The third-order valence-corrected chi connectivity index (χ3v) is 13.4. The Morgan fingerprint density at radius 2 is 0.833 bits per heavy atom. The van der Waals surface area contributed by atoms with E-state index in [1.54, 1.807) is 0 Å². The van der Waals surface area contributed by atoms with E-state index in [0.717, 1.165) is 28.4 Å². The van der Waals surface area contributed by atoms with Crippen LogP contribution < -0.4 is 9.80 Å². The average molecular weight is 787 g/mol. The van der Waals surface area contributed by atoms with E-state index in [0.29, 0.717) is 0 Å². The second-order valence-electron chi connectivity index (χ2n) is 16.1. The van der Waals surface area contributed by atoms with Gasteiger partial charge in [-0.3, -0.25) is 0 Å². The molecule has 1 heterocycles. The highest BCUT2D eigenvalue weighted by Gasteiger charge is 2.39. The zero-order valence-electron chi connectivity index (χ0n) is 33.6. The second-order valence-corrected chi connectivity index (χ2v) is 17.2. The van der Waals surface area contributed by atoms with Crippen LogP contribution in [0.3, 0.4) is 0 Å². The van der Waals surface area contributed by atoms with Crippen LogP contribution in [0.2, 0.25) is 0 Å². The van der Waals surface area contributed by atoms with Gasteiger partial charge in [-0.1, -0.05) is 159 Å². The quantitative estimate of drug-likeness (QED) is 0.151. The van der Waals surface area contributed by atoms with Gasteiger partial charge in [0.25, 0.3) is 0 Å². The Morgan fingerprint density at radius 1 is 0.383 bits per heavy atom. The monoisotopic (exact) mass is 786 g/mol. The molecule has 1 aliphatic carbocycles. The first-order chi connectivity index (χ1) is 29.5. The van der Waals surface area contributed by atoms with Gasteiger partial charge in [-0.25, -0.2) is 0 Å². The molecule has 3 heteroatoms. The highest BCUT2D eigenvalue weighted by atomic mass is 32.1. The second kappa shape index (κ2) is 14.6. The summed E-state index contributed by atoms with van der Waals surface area (Å²) in [7, 11) is 0. The minimum absolute atomic E-state index is 0.286. The van der Waals surface area contributed by atoms with Crippen molar-refractivity contribution < 1.29 is 0 Å². The van der Waals surface area contributed by atoms with Crippen molar-refractivity contribution in [3.63, 3.8) is 0 Å². The van der Waals surface area contributed by atoms with E-state index in [2.05, 4.69) is 242 Å². The summed E-state index contributed by atoms with van der Waals surface area (Å²) >= 11 is 1.90. The third-order valence-electron chi connectivity index (χ3n) is 12.2. The predicted molar refractivity (Wildman–Crippen MR) is 257 cm³/mol. The lowest BCUT2D eigenvalue weighted by Gasteiger charge is -2.29. The molecule has 2 nitrogen and oxygen atoms in total. The van der Waals surface area contributed by atoms with Crippen LogP contribution in [-0.2, 0) is 5.41 Å². The van der Waals surface area contributed by atoms with Crippen LogP contribution in [0.25, 0.3) is 53.6 Å². The third kappa shape index (κ3) is 6.01. The summed E-state index contributed by atoms with van der Waals surface area (Å²) in [6, 6.07) is 79.5. The molecule has 10 aromatic rings. The van der Waals surface area contributed by atoms with E-state index in [4.69, 9.17) is 0 Å². The molecule has 0 fully saturated rings. The van der Waals surface area contributed by atoms with Crippen molar-refractivity contribution in [2.75, 3.05) is 9.80 Å². The van der Waals surface area contributed by atoms with Gasteiger partial charge in [-0.05, 0) is 117 Å². The largest absolute Gasteiger partial charge is 0.310 e. The molecule has 0 amide bonds. The molecule has 0 atom stereocenters. The van der Waals surface area contributed by atoms with Crippen molar-refractivity contribution in [1.29, 1.82) is 0 Å². The van der Waals surface area contributed by atoms with Gasteiger partial charge < -0.3 is 9.80 Å². The molecule has 286 valence electrons. The number of thiophene rings is 1. The van der Waals surface area contributed by atoms with Gasteiger partial charge in [0.1, 0.15) is 0 Å². The van der Waals surface area contributed by atoms with Gasteiger partial charge in [0.2, 0.25) is 0 Å². The maximum Gasteiger partial charge on any atom is 0.0643 e. The number of anilines is 6. The topological polar surface area (TPSA) is 6.48 Å². The Bertz CT molecular complexity index is 3140. The predicted octanol–water partition coefficient (Wildman–Crippen LogP) is 16.6. The van der Waals surface area contributed by atoms with Crippen LogP contribution in [-0.4, -0.2) is 0 Å². The molecule has 1 aliphatic rings. The molecule has 0 bridgehead atoms. The fraction of sp³-hybridized carbons (Fsp3) is 0.0526. The van der Waals surface area contributed by atoms with E-state index in [9.17, 15) is 0 Å². The fourth-order valence-corrected chi connectivity index (χ4v) is 10.5. The van der Waals surface area contributed by atoms with Gasteiger partial charge in [-0.15, -0.1) is 11.3 Å². The summed E-state index contributed by atoms with van der Waals surface area (Å²) in [4.78, 5) is 4.86. The van der Waals surface area contributed by atoms with Crippen LogP contribution in [0.1, 0.15) is 25.0 Å². The molecular weight excluding hydrogens is 745 g/mol. The van der Waals surface area contributed by atoms with Crippen molar-refractivity contribution in [2.24, 2.45) is 0 Å². The van der Waals surface area contributed by atoms with Crippen LogP contribution in [0.15, 0.2) is 218 Å². The first-order valence-corrected chi connectivity index (χ1v) is 21.5. The van der Waals surface area contributed by atoms with E-state index in [1.807, 2.05) is 11.3 Å². The average Bonchev–Trinajstić information content (AvgIpc) is 3.80. The Kier molecular flexibility index (Phi) is 8.72. The van der Waals surface area contributed by atoms with Crippen molar-refractivity contribution in [3.8, 4) is 33.4 Å². The SMILES string of the molecule is CC1(C)c2cc(N(c3ccccc3)c3ccc(-c4ccccc4)cc3)ccc2-c2c1cc(N(c1ccccc1)c1ccc(-c3ccccc3)cc1)c1sc3ccccc3c21. The van der Waals surface area contributed by atoms with Crippen LogP contribution in [0.5, 0.6) is 0 Å². The molecule has 60 heavy (non-hydrogen) atoms. The number of fused-ring (bicyclic) bond motifs is 7. The van der Waals surface area contributed by atoms with Crippen LogP contribution >= 0.6 is 11.3 Å². The molecule has 1 aromatic heterocycles. The standard InChI is InChI=1S/C57H42N2S/c1-57(2)50-37-47(58(43-21-11-5-12-22-43)45-31-27-41(28-32-45)39-17-7-3-8-18-39)35-36-48(50)54-51(57)38-52(56-55(54)49-25-15-16-26-53(49)60-56)59(44-23-13-6-14-24-44)46-33-29-42(30-34-46)40-19-9-4-10-20-40/h3-38H,1-2H3. The van der Waals surface area contributed by atoms with E-state index in [-0.39, 0.29) is 5.41 Å². The van der Waals surface area contributed by atoms with Crippen molar-refractivity contribution >= 4 is 65.6 Å². The molecule has 0 radical (unpaired) electrons. The molecule has 0 N–H and O–H groups in total. The number of nitrogens with zero attached hydrogens (tertiary/aromatic N) is 2. The Labute approximate surface area is 355 Å². The molecule has 0 spiro atoms. The van der Waals surface area contributed by atoms with Crippen molar-refractivity contribution in [3.05, 3.63) is 230 Å². The van der Waals surface area contributed by atoms with Gasteiger partial charge >= 0.3 is 0 Å².